The van der Waals surface area contributed by atoms with Crippen LogP contribution in [0.15, 0.2) is 29.0 Å². The fourth-order valence-corrected chi connectivity index (χ4v) is 3.12. The van der Waals surface area contributed by atoms with Gasteiger partial charge in [-0.3, -0.25) is 14.9 Å². The average Bonchev–Trinajstić information content (AvgIpc) is 2.61. The highest BCUT2D eigenvalue weighted by atomic mass is 79.9. The Kier molecular flexibility index (Phi) is 5.33. The van der Waals surface area contributed by atoms with E-state index in [0.29, 0.717) is 4.90 Å². The van der Waals surface area contributed by atoms with Gasteiger partial charge >= 0.3 is 6.18 Å². The summed E-state index contributed by atoms with van der Waals surface area (Å²) in [5.41, 5.74) is -1.23. The molecule has 2 heterocycles. The summed E-state index contributed by atoms with van der Waals surface area (Å²) < 4.78 is 67.3. The molecule has 0 radical (unpaired) electrons. The first-order valence-electron chi connectivity index (χ1n) is 7.69. The van der Waals surface area contributed by atoms with Crippen molar-refractivity contribution in [2.75, 3.05) is 18.4 Å². The number of aromatic nitrogens is 2. The molecule has 0 spiro atoms. The summed E-state index contributed by atoms with van der Waals surface area (Å²) in [5, 5.41) is 2.15. The van der Waals surface area contributed by atoms with E-state index in [1.165, 1.54) is 0 Å². The molecule has 2 amide bonds. The molecule has 1 N–H and O–H groups in total. The normalized spacial score (nSPS) is 16.7. The quantitative estimate of drug-likeness (QED) is 0.707. The molecule has 1 aromatic heterocycles. The Morgan fingerprint density at radius 1 is 1.25 bits per heavy atom. The van der Waals surface area contributed by atoms with Crippen molar-refractivity contribution in [2.45, 2.75) is 12.1 Å². The third kappa shape index (κ3) is 3.96. The minimum atomic E-state index is -4.84. The summed E-state index contributed by atoms with van der Waals surface area (Å²) >= 11 is 2.81. The first-order valence-corrected chi connectivity index (χ1v) is 8.48. The number of alkyl halides is 3. The highest BCUT2D eigenvalue weighted by Crippen LogP contribution is 2.42. The van der Waals surface area contributed by atoms with E-state index in [2.05, 4.69) is 31.2 Å². The number of halogens is 6. The Morgan fingerprint density at radius 3 is 2.50 bits per heavy atom. The van der Waals surface area contributed by atoms with E-state index in [-0.39, 0.29) is 10.4 Å². The van der Waals surface area contributed by atoms with Crippen molar-refractivity contribution in [3.05, 3.63) is 51.8 Å². The number of hydrogen-bond acceptors (Lipinski definition) is 4. The van der Waals surface area contributed by atoms with Gasteiger partial charge in [0.05, 0.1) is 16.9 Å². The molecule has 1 aromatic carbocycles. The number of carbonyl (C=O) groups is 2. The van der Waals surface area contributed by atoms with Crippen molar-refractivity contribution >= 4 is 33.7 Å². The number of anilines is 1. The van der Waals surface area contributed by atoms with E-state index in [9.17, 15) is 31.5 Å². The summed E-state index contributed by atoms with van der Waals surface area (Å²) in [6, 6.07) is 2.19. The van der Waals surface area contributed by atoms with Crippen molar-refractivity contribution in [2.24, 2.45) is 0 Å². The predicted octanol–water partition coefficient (Wildman–Crippen LogP) is 3.26. The molecule has 1 atom stereocenters. The van der Waals surface area contributed by atoms with Crippen molar-refractivity contribution in [3.8, 4) is 0 Å². The summed E-state index contributed by atoms with van der Waals surface area (Å²) in [7, 11) is 0. The van der Waals surface area contributed by atoms with E-state index in [4.69, 9.17) is 0 Å². The molecule has 12 heteroatoms. The third-order valence-corrected chi connectivity index (χ3v) is 4.62. The lowest BCUT2D eigenvalue weighted by molar-refractivity contribution is -0.155. The number of nitrogens with one attached hydrogen (secondary N) is 1. The van der Waals surface area contributed by atoms with Crippen LogP contribution in [0.4, 0.5) is 27.9 Å². The van der Waals surface area contributed by atoms with Crippen molar-refractivity contribution in [3.63, 3.8) is 0 Å². The van der Waals surface area contributed by atoms with Crippen LogP contribution in [-0.2, 0) is 4.79 Å². The van der Waals surface area contributed by atoms with Crippen LogP contribution in [0.3, 0.4) is 0 Å². The molecule has 0 saturated carbocycles. The maximum absolute atomic E-state index is 14.3. The van der Waals surface area contributed by atoms with E-state index >= 15 is 0 Å². The maximum Gasteiger partial charge on any atom is 0.397 e. The predicted molar refractivity (Wildman–Crippen MR) is 89.4 cm³/mol. The molecule has 0 fully saturated rings. The number of nitrogens with zero attached hydrogens (tertiary/aromatic N) is 3. The van der Waals surface area contributed by atoms with Crippen LogP contribution < -0.4 is 5.32 Å². The Morgan fingerprint density at radius 2 is 1.89 bits per heavy atom. The number of carbonyl (C=O) groups excluding carboxylic acids is 2. The minimum absolute atomic E-state index is 0.201. The lowest BCUT2D eigenvalue weighted by atomic mass is 9.88. The van der Waals surface area contributed by atoms with Gasteiger partial charge in [-0.15, -0.1) is 0 Å². The molecular weight excluding hydrogens is 455 g/mol. The van der Waals surface area contributed by atoms with Crippen molar-refractivity contribution < 1.29 is 31.5 Å². The Hall–Kier alpha value is -2.63. The highest BCUT2D eigenvalue weighted by Gasteiger charge is 2.49. The lowest BCUT2D eigenvalue weighted by Crippen LogP contribution is -2.47. The van der Waals surface area contributed by atoms with Gasteiger partial charge in [0, 0.05) is 17.7 Å². The smallest absolute Gasteiger partial charge is 0.328 e. The van der Waals surface area contributed by atoms with Gasteiger partial charge in [0.25, 0.3) is 5.91 Å². The summed E-state index contributed by atoms with van der Waals surface area (Å²) in [5.74, 6) is -6.30. The molecule has 0 saturated heterocycles. The largest absolute Gasteiger partial charge is 0.397 e. The molecule has 0 aliphatic carbocycles. The second-order valence-electron chi connectivity index (χ2n) is 5.88. The van der Waals surface area contributed by atoms with E-state index in [0.717, 1.165) is 24.5 Å². The molecule has 0 bridgehead atoms. The fraction of sp³-hybridized carbons (Fsp3) is 0.250. The van der Waals surface area contributed by atoms with Gasteiger partial charge in [-0.1, -0.05) is 0 Å². The lowest BCUT2D eigenvalue weighted by Gasteiger charge is -2.35. The molecule has 6 nitrogen and oxygen atoms in total. The average molecular weight is 465 g/mol. The van der Waals surface area contributed by atoms with Crippen LogP contribution in [0.1, 0.15) is 21.8 Å². The van der Waals surface area contributed by atoms with Gasteiger partial charge in [0.2, 0.25) is 11.9 Å². The number of benzene rings is 1. The number of amides is 2. The van der Waals surface area contributed by atoms with Crippen LogP contribution in [0.5, 0.6) is 0 Å². The van der Waals surface area contributed by atoms with Crippen LogP contribution in [0.25, 0.3) is 0 Å². The molecule has 28 heavy (non-hydrogen) atoms. The molecule has 1 aliphatic heterocycles. The molecule has 0 unspecified atom stereocenters. The van der Waals surface area contributed by atoms with Crippen LogP contribution in [0.2, 0.25) is 0 Å². The highest BCUT2D eigenvalue weighted by molar-refractivity contribution is 9.10. The number of hydrogen-bond donors (Lipinski definition) is 1. The molecule has 3 rings (SSSR count). The van der Waals surface area contributed by atoms with Gasteiger partial charge in [-0.05, 0) is 28.1 Å². The number of rotatable bonds is 3. The second-order valence-corrected chi connectivity index (χ2v) is 6.73. The molecule has 1 aliphatic rings. The Bertz CT molecular complexity index is 936. The minimum Gasteiger partial charge on any atom is -0.328 e. The zero-order valence-corrected chi connectivity index (χ0v) is 15.3. The Balaban J connectivity index is 1.86. The van der Waals surface area contributed by atoms with Gasteiger partial charge in [0.1, 0.15) is 18.3 Å². The maximum atomic E-state index is 14.3. The van der Waals surface area contributed by atoms with E-state index in [1.807, 2.05) is 0 Å². The van der Waals surface area contributed by atoms with Crippen molar-refractivity contribution in [1.29, 1.82) is 0 Å². The van der Waals surface area contributed by atoms with Crippen LogP contribution in [-0.4, -0.2) is 45.9 Å². The topological polar surface area (TPSA) is 75.2 Å². The van der Waals surface area contributed by atoms with Gasteiger partial charge in [0.15, 0.2) is 5.82 Å². The fourth-order valence-electron chi connectivity index (χ4n) is 2.78. The standard InChI is InChI=1S/C16H10BrF5N4O2/c17-10-2-1-8-12(13(10)19)9(16(20,21)22)5-26(14(8)28)6-11(27)25-15-23-3-7(18)4-24-15/h1-4,9H,5-6H2,(H,23,24,25,27)/t9-/m1/s1. The zero-order chi connectivity index (χ0) is 20.6. The van der Waals surface area contributed by atoms with Crippen LogP contribution in [0, 0.1) is 11.6 Å². The zero-order valence-electron chi connectivity index (χ0n) is 13.7. The first kappa shape index (κ1) is 20.1. The summed E-state index contributed by atoms with van der Waals surface area (Å²) in [6.07, 6.45) is -3.28. The first-order chi connectivity index (χ1) is 13.1. The monoisotopic (exact) mass is 464 g/mol. The SMILES string of the molecule is O=C(CN1C[C@@H](C(F)(F)F)c2c(ccc(Br)c2F)C1=O)Nc1ncc(F)cn1. The second kappa shape index (κ2) is 7.41. The summed E-state index contributed by atoms with van der Waals surface area (Å²) in [4.78, 5) is 32.2. The van der Waals surface area contributed by atoms with E-state index < -0.39 is 59.8 Å². The number of fused-ring (bicyclic) bond motifs is 1. The third-order valence-electron chi connectivity index (χ3n) is 4.00. The van der Waals surface area contributed by atoms with Gasteiger partial charge < -0.3 is 4.90 Å². The van der Waals surface area contributed by atoms with Gasteiger partial charge in [-0.25, -0.2) is 18.7 Å². The molecular formula is C16H10BrF5N4O2. The van der Waals surface area contributed by atoms with Crippen LogP contribution >= 0.6 is 15.9 Å². The summed E-state index contributed by atoms with van der Waals surface area (Å²) in [6.45, 7) is -1.68. The van der Waals surface area contributed by atoms with E-state index in [1.54, 1.807) is 0 Å². The molecule has 2 aromatic rings. The van der Waals surface area contributed by atoms with Crippen molar-refractivity contribution in [1.82, 2.24) is 14.9 Å². The Labute approximate surface area is 162 Å². The molecule has 148 valence electrons. The van der Waals surface area contributed by atoms with Gasteiger partial charge in [-0.2, -0.15) is 13.2 Å².